The van der Waals surface area contributed by atoms with Gasteiger partial charge in [-0.15, -0.1) is 0 Å². The van der Waals surface area contributed by atoms with Crippen LogP contribution >= 0.6 is 0 Å². The van der Waals surface area contributed by atoms with Gasteiger partial charge in [0.1, 0.15) is 10.6 Å². The predicted molar refractivity (Wildman–Crippen MR) is 85.4 cm³/mol. The maximum atomic E-state index is 12.2. The minimum Gasteiger partial charge on any atom is -0.508 e. The largest absolute Gasteiger partial charge is 0.508 e. The van der Waals surface area contributed by atoms with Crippen LogP contribution in [0.15, 0.2) is 47.6 Å². The Morgan fingerprint density at radius 3 is 2.59 bits per heavy atom. The highest BCUT2D eigenvalue weighted by Crippen LogP contribution is 2.14. The summed E-state index contributed by atoms with van der Waals surface area (Å²) in [5, 5.41) is 12.2. The zero-order valence-corrected chi connectivity index (χ0v) is 13.1. The molecule has 118 valence electrons. The molecule has 1 heterocycles. The van der Waals surface area contributed by atoms with Crippen molar-refractivity contribution in [1.29, 1.82) is 0 Å². The average Bonchev–Trinajstić information content (AvgIpc) is 2.50. The molecule has 0 spiro atoms. The van der Waals surface area contributed by atoms with Crippen LogP contribution in [0.2, 0.25) is 0 Å². The number of sulfonamides is 1. The smallest absolute Gasteiger partial charge is 0.242 e. The molecule has 2 rings (SSSR count). The fraction of sp³-hybridized carbons (Fsp3) is 0.267. The van der Waals surface area contributed by atoms with Gasteiger partial charge in [-0.3, -0.25) is 4.98 Å². The second kappa shape index (κ2) is 7.24. The Bertz CT molecular complexity index is 715. The minimum atomic E-state index is -3.58. The highest BCUT2D eigenvalue weighted by molar-refractivity contribution is 7.89. The van der Waals surface area contributed by atoms with Crippen LogP contribution in [0.3, 0.4) is 0 Å². The summed E-state index contributed by atoms with van der Waals surface area (Å²) < 4.78 is 27.0. The van der Waals surface area contributed by atoms with E-state index in [0.717, 1.165) is 5.56 Å². The summed E-state index contributed by atoms with van der Waals surface area (Å²) in [5.74, 6) is 0.190. The first-order valence-corrected chi connectivity index (χ1v) is 8.46. The Labute approximate surface area is 130 Å². The van der Waals surface area contributed by atoms with Gasteiger partial charge in [0.2, 0.25) is 10.0 Å². The monoisotopic (exact) mass is 321 g/mol. The summed E-state index contributed by atoms with van der Waals surface area (Å²) in [6, 6.07) is 8.23. The van der Waals surface area contributed by atoms with E-state index in [-0.39, 0.29) is 17.2 Å². The van der Waals surface area contributed by atoms with Crippen molar-refractivity contribution in [3.05, 3.63) is 48.3 Å². The Morgan fingerprint density at radius 1 is 1.18 bits per heavy atom. The zero-order chi connectivity index (χ0) is 16.0. The van der Waals surface area contributed by atoms with Crippen LogP contribution in [-0.4, -0.2) is 31.6 Å². The molecule has 0 aliphatic rings. The van der Waals surface area contributed by atoms with Crippen LogP contribution < -0.4 is 10.0 Å². The van der Waals surface area contributed by atoms with Gasteiger partial charge in [0.05, 0.1) is 11.9 Å². The normalized spacial score (nSPS) is 11.3. The van der Waals surface area contributed by atoms with Gasteiger partial charge in [0.15, 0.2) is 0 Å². The molecule has 0 unspecified atom stereocenters. The van der Waals surface area contributed by atoms with Crippen molar-refractivity contribution in [2.24, 2.45) is 0 Å². The molecule has 1 aromatic heterocycles. The number of aromatic nitrogens is 1. The number of benzene rings is 1. The van der Waals surface area contributed by atoms with E-state index >= 15 is 0 Å². The lowest BCUT2D eigenvalue weighted by atomic mass is 10.1. The molecule has 22 heavy (non-hydrogen) atoms. The molecule has 0 saturated carbocycles. The number of aromatic hydroxyl groups is 1. The Morgan fingerprint density at radius 2 is 1.91 bits per heavy atom. The third-order valence-electron chi connectivity index (χ3n) is 3.05. The van der Waals surface area contributed by atoms with Gasteiger partial charge in [-0.05, 0) is 37.1 Å². The van der Waals surface area contributed by atoms with Crippen LogP contribution in [0.4, 0.5) is 5.69 Å². The quantitative estimate of drug-likeness (QED) is 0.722. The topological polar surface area (TPSA) is 91.3 Å². The minimum absolute atomic E-state index is 0.136. The Balaban J connectivity index is 1.98. The lowest BCUT2D eigenvalue weighted by Crippen LogP contribution is -2.26. The van der Waals surface area contributed by atoms with Gasteiger partial charge in [-0.25, -0.2) is 13.1 Å². The van der Waals surface area contributed by atoms with Gasteiger partial charge in [-0.1, -0.05) is 12.1 Å². The SMILES string of the molecule is CCNc1cncc(S(=O)(=O)NCCc2ccc(O)cc2)c1. The number of nitrogens with zero attached hydrogens (tertiary/aromatic N) is 1. The summed E-state index contributed by atoms with van der Waals surface area (Å²) in [4.78, 5) is 4.07. The zero-order valence-electron chi connectivity index (χ0n) is 12.3. The highest BCUT2D eigenvalue weighted by Gasteiger charge is 2.14. The molecule has 0 atom stereocenters. The van der Waals surface area contributed by atoms with Crippen molar-refractivity contribution < 1.29 is 13.5 Å². The average molecular weight is 321 g/mol. The number of hydrogen-bond acceptors (Lipinski definition) is 5. The van der Waals surface area contributed by atoms with E-state index in [1.54, 1.807) is 36.5 Å². The van der Waals surface area contributed by atoms with Crippen LogP contribution in [0, 0.1) is 0 Å². The molecule has 2 aromatic rings. The fourth-order valence-electron chi connectivity index (χ4n) is 1.94. The molecule has 7 heteroatoms. The lowest BCUT2D eigenvalue weighted by molar-refractivity contribution is 0.475. The predicted octanol–water partition coefficient (Wildman–Crippen LogP) is 1.74. The first-order chi connectivity index (χ1) is 10.5. The van der Waals surface area contributed by atoms with E-state index in [1.807, 2.05) is 6.92 Å². The molecule has 6 nitrogen and oxygen atoms in total. The summed E-state index contributed by atoms with van der Waals surface area (Å²) in [6.07, 6.45) is 3.45. The van der Waals surface area contributed by atoms with Crippen molar-refractivity contribution >= 4 is 15.7 Å². The van der Waals surface area contributed by atoms with Crippen molar-refractivity contribution in [3.63, 3.8) is 0 Å². The number of rotatable bonds is 7. The van der Waals surface area contributed by atoms with Gasteiger partial charge >= 0.3 is 0 Å². The van der Waals surface area contributed by atoms with E-state index in [1.165, 1.54) is 6.20 Å². The molecule has 0 aliphatic heterocycles. The first kappa shape index (κ1) is 16.3. The molecular formula is C15H19N3O3S. The molecule has 3 N–H and O–H groups in total. The van der Waals surface area contributed by atoms with Crippen molar-refractivity contribution in [1.82, 2.24) is 9.71 Å². The number of anilines is 1. The number of nitrogens with one attached hydrogen (secondary N) is 2. The molecule has 0 saturated heterocycles. The van der Waals surface area contributed by atoms with Gasteiger partial charge in [0, 0.05) is 19.3 Å². The van der Waals surface area contributed by atoms with E-state index in [0.29, 0.717) is 18.7 Å². The van der Waals surface area contributed by atoms with E-state index in [2.05, 4.69) is 15.0 Å². The van der Waals surface area contributed by atoms with Crippen LogP contribution in [0.5, 0.6) is 5.75 Å². The van der Waals surface area contributed by atoms with Gasteiger partial charge < -0.3 is 10.4 Å². The van der Waals surface area contributed by atoms with Crippen LogP contribution in [0.1, 0.15) is 12.5 Å². The van der Waals surface area contributed by atoms with Crippen LogP contribution in [-0.2, 0) is 16.4 Å². The molecular weight excluding hydrogens is 302 g/mol. The van der Waals surface area contributed by atoms with Gasteiger partial charge in [-0.2, -0.15) is 0 Å². The van der Waals surface area contributed by atoms with E-state index in [4.69, 9.17) is 0 Å². The molecule has 1 aromatic carbocycles. The summed E-state index contributed by atoms with van der Waals surface area (Å²) in [7, 11) is -3.58. The molecule has 0 bridgehead atoms. The Hall–Kier alpha value is -2.12. The second-order valence-corrected chi connectivity index (χ2v) is 6.52. The van der Waals surface area contributed by atoms with Crippen LogP contribution in [0.25, 0.3) is 0 Å². The molecule has 0 fully saturated rings. The van der Waals surface area contributed by atoms with Crippen molar-refractivity contribution in [2.75, 3.05) is 18.4 Å². The Kier molecular flexibility index (Phi) is 5.35. The lowest BCUT2D eigenvalue weighted by Gasteiger charge is -2.08. The van der Waals surface area contributed by atoms with Crippen molar-refractivity contribution in [3.8, 4) is 5.75 Å². The standard InChI is InChI=1S/C15H19N3O3S/c1-2-17-13-9-15(11-16-10-13)22(20,21)18-8-7-12-3-5-14(19)6-4-12/h3-6,9-11,17-19H,2,7-8H2,1H3. The number of phenolic OH excluding ortho intramolecular Hbond substituents is 1. The van der Waals surface area contributed by atoms with Crippen molar-refractivity contribution in [2.45, 2.75) is 18.2 Å². The molecule has 0 radical (unpaired) electrons. The number of phenols is 1. The number of pyridine rings is 1. The summed E-state index contributed by atoms with van der Waals surface area (Å²) in [5.41, 5.74) is 1.61. The maximum Gasteiger partial charge on any atom is 0.242 e. The van der Waals surface area contributed by atoms with E-state index in [9.17, 15) is 13.5 Å². The molecule has 0 amide bonds. The first-order valence-electron chi connectivity index (χ1n) is 6.98. The fourth-order valence-corrected chi connectivity index (χ4v) is 2.96. The van der Waals surface area contributed by atoms with Gasteiger partial charge in [0.25, 0.3) is 0 Å². The third kappa shape index (κ3) is 4.44. The second-order valence-electron chi connectivity index (χ2n) is 4.75. The van der Waals surface area contributed by atoms with E-state index < -0.39 is 10.0 Å². The highest BCUT2D eigenvalue weighted by atomic mass is 32.2. The maximum absolute atomic E-state index is 12.2. The summed E-state index contributed by atoms with van der Waals surface area (Å²) in [6.45, 7) is 2.90. The molecule has 0 aliphatic carbocycles. The third-order valence-corrected chi connectivity index (χ3v) is 4.47. The number of hydrogen-bond donors (Lipinski definition) is 3. The summed E-state index contributed by atoms with van der Waals surface area (Å²) >= 11 is 0.